The predicted molar refractivity (Wildman–Crippen MR) is 72.8 cm³/mol. The van der Waals surface area contributed by atoms with Gasteiger partial charge in [0, 0.05) is 11.6 Å². The number of benzene rings is 1. The SMILES string of the molecule is CCC1(n2c(N)nc3cc(OC)ccc32)CCC1. The zero-order valence-electron chi connectivity index (χ0n) is 10.9. The zero-order valence-corrected chi connectivity index (χ0v) is 10.9. The first-order valence-electron chi connectivity index (χ1n) is 6.52. The lowest BCUT2D eigenvalue weighted by atomic mass is 9.74. The number of rotatable bonds is 3. The van der Waals surface area contributed by atoms with Gasteiger partial charge in [-0.3, -0.25) is 0 Å². The van der Waals surface area contributed by atoms with Crippen molar-refractivity contribution in [3.8, 4) is 5.75 Å². The summed E-state index contributed by atoms with van der Waals surface area (Å²) < 4.78 is 7.46. The highest BCUT2D eigenvalue weighted by molar-refractivity contribution is 5.80. The van der Waals surface area contributed by atoms with Gasteiger partial charge in [0.25, 0.3) is 0 Å². The number of imidazole rings is 1. The third-order valence-electron chi connectivity index (χ3n) is 4.30. The van der Waals surface area contributed by atoms with Gasteiger partial charge in [0.2, 0.25) is 5.95 Å². The van der Waals surface area contributed by atoms with E-state index in [0.717, 1.165) is 23.2 Å². The van der Waals surface area contributed by atoms with E-state index < -0.39 is 0 Å². The highest BCUT2D eigenvalue weighted by atomic mass is 16.5. The van der Waals surface area contributed by atoms with Crippen molar-refractivity contribution in [3.05, 3.63) is 18.2 Å². The summed E-state index contributed by atoms with van der Waals surface area (Å²) >= 11 is 0. The molecule has 4 heteroatoms. The Hall–Kier alpha value is -1.71. The maximum Gasteiger partial charge on any atom is 0.201 e. The van der Waals surface area contributed by atoms with Crippen LogP contribution in [0.2, 0.25) is 0 Å². The topological polar surface area (TPSA) is 53.1 Å². The van der Waals surface area contributed by atoms with Crippen LogP contribution >= 0.6 is 0 Å². The first-order valence-corrected chi connectivity index (χ1v) is 6.52. The molecule has 1 aliphatic rings. The number of nitrogens with two attached hydrogens (primary N) is 1. The Bertz CT molecular complexity index is 578. The fourth-order valence-corrected chi connectivity index (χ4v) is 3.02. The zero-order chi connectivity index (χ0) is 12.8. The molecular formula is C14H19N3O. The van der Waals surface area contributed by atoms with E-state index in [9.17, 15) is 0 Å². The molecule has 0 bridgehead atoms. The van der Waals surface area contributed by atoms with Gasteiger partial charge in [-0.2, -0.15) is 0 Å². The van der Waals surface area contributed by atoms with Crippen LogP contribution in [0.1, 0.15) is 32.6 Å². The minimum absolute atomic E-state index is 0.188. The second-order valence-electron chi connectivity index (χ2n) is 5.09. The standard InChI is InChI=1S/C14H19N3O/c1-3-14(7-4-8-14)17-12-6-5-10(18-2)9-11(12)16-13(17)15/h5-6,9H,3-4,7-8H2,1-2H3,(H2,15,16). The summed E-state index contributed by atoms with van der Waals surface area (Å²) in [6, 6.07) is 5.99. The molecule has 0 saturated heterocycles. The highest BCUT2D eigenvalue weighted by Gasteiger charge is 2.39. The molecule has 0 spiro atoms. The van der Waals surface area contributed by atoms with Gasteiger partial charge in [0.05, 0.1) is 18.1 Å². The van der Waals surface area contributed by atoms with Crippen molar-refractivity contribution in [3.63, 3.8) is 0 Å². The first kappa shape index (κ1) is 11.4. The van der Waals surface area contributed by atoms with Crippen molar-refractivity contribution in [1.82, 2.24) is 9.55 Å². The molecule has 4 nitrogen and oxygen atoms in total. The number of anilines is 1. The third-order valence-corrected chi connectivity index (χ3v) is 4.30. The largest absolute Gasteiger partial charge is 0.497 e. The first-order chi connectivity index (χ1) is 8.70. The van der Waals surface area contributed by atoms with Crippen LogP contribution in [-0.4, -0.2) is 16.7 Å². The van der Waals surface area contributed by atoms with Gasteiger partial charge in [-0.25, -0.2) is 4.98 Å². The summed E-state index contributed by atoms with van der Waals surface area (Å²) in [5.74, 6) is 1.45. The fourth-order valence-electron chi connectivity index (χ4n) is 3.02. The van der Waals surface area contributed by atoms with Crippen LogP contribution < -0.4 is 10.5 Å². The van der Waals surface area contributed by atoms with Crippen LogP contribution in [-0.2, 0) is 5.54 Å². The maximum atomic E-state index is 6.13. The summed E-state index contributed by atoms with van der Waals surface area (Å²) in [7, 11) is 1.67. The third kappa shape index (κ3) is 1.41. The van der Waals surface area contributed by atoms with Crippen LogP contribution in [0.15, 0.2) is 18.2 Å². The number of aromatic nitrogens is 2. The molecule has 1 aliphatic carbocycles. The van der Waals surface area contributed by atoms with E-state index in [1.165, 1.54) is 19.3 Å². The Morgan fingerprint density at radius 2 is 2.22 bits per heavy atom. The van der Waals surface area contributed by atoms with Gasteiger partial charge in [0.1, 0.15) is 5.75 Å². The molecule has 1 saturated carbocycles. The quantitative estimate of drug-likeness (QED) is 0.904. The second kappa shape index (κ2) is 3.90. The van der Waals surface area contributed by atoms with E-state index in [1.807, 2.05) is 12.1 Å². The summed E-state index contributed by atoms with van der Waals surface area (Å²) in [6.45, 7) is 2.23. The molecule has 2 aromatic rings. The van der Waals surface area contributed by atoms with E-state index in [2.05, 4.69) is 22.5 Å². The maximum absolute atomic E-state index is 6.13. The molecule has 0 unspecified atom stereocenters. The molecule has 18 heavy (non-hydrogen) atoms. The van der Waals surface area contributed by atoms with Crippen molar-refractivity contribution < 1.29 is 4.74 Å². The predicted octanol–water partition coefficient (Wildman–Crippen LogP) is 2.92. The molecule has 0 amide bonds. The normalized spacial score (nSPS) is 17.7. The van der Waals surface area contributed by atoms with E-state index in [1.54, 1.807) is 7.11 Å². The van der Waals surface area contributed by atoms with Crippen molar-refractivity contribution >= 4 is 17.0 Å². The van der Waals surface area contributed by atoms with Gasteiger partial charge in [0.15, 0.2) is 0 Å². The Labute approximate surface area is 107 Å². The number of hydrogen-bond acceptors (Lipinski definition) is 3. The average Bonchev–Trinajstić information content (AvgIpc) is 2.65. The molecule has 1 aromatic heterocycles. The lowest BCUT2D eigenvalue weighted by molar-refractivity contribution is 0.144. The number of ether oxygens (including phenoxy) is 1. The molecule has 3 rings (SSSR count). The van der Waals surface area contributed by atoms with Crippen LogP contribution in [0.3, 0.4) is 0 Å². The van der Waals surface area contributed by atoms with Crippen molar-refractivity contribution in [1.29, 1.82) is 0 Å². The van der Waals surface area contributed by atoms with E-state index >= 15 is 0 Å². The Kier molecular flexibility index (Phi) is 2.47. The summed E-state index contributed by atoms with van der Waals surface area (Å²) in [4.78, 5) is 4.48. The highest BCUT2D eigenvalue weighted by Crippen LogP contribution is 2.45. The average molecular weight is 245 g/mol. The minimum atomic E-state index is 0.188. The van der Waals surface area contributed by atoms with Crippen molar-refractivity contribution in [2.75, 3.05) is 12.8 Å². The number of hydrogen-bond donors (Lipinski definition) is 1. The van der Waals surface area contributed by atoms with E-state index in [0.29, 0.717) is 5.95 Å². The second-order valence-corrected chi connectivity index (χ2v) is 5.09. The van der Waals surface area contributed by atoms with Crippen LogP contribution in [0, 0.1) is 0 Å². The van der Waals surface area contributed by atoms with Gasteiger partial charge in [-0.1, -0.05) is 6.92 Å². The number of methoxy groups -OCH3 is 1. The molecule has 2 N–H and O–H groups in total. The lowest BCUT2D eigenvalue weighted by Gasteiger charge is -2.43. The Balaban J connectivity index is 2.20. The minimum Gasteiger partial charge on any atom is -0.497 e. The van der Waals surface area contributed by atoms with E-state index in [4.69, 9.17) is 10.5 Å². The summed E-state index contributed by atoms with van der Waals surface area (Å²) in [5, 5.41) is 0. The molecule has 1 heterocycles. The molecule has 1 aromatic carbocycles. The number of nitrogens with zero attached hydrogens (tertiary/aromatic N) is 2. The summed E-state index contributed by atoms with van der Waals surface area (Å²) in [6.07, 6.45) is 4.79. The molecular weight excluding hydrogens is 226 g/mol. The summed E-state index contributed by atoms with van der Waals surface area (Å²) in [5.41, 5.74) is 8.36. The van der Waals surface area contributed by atoms with Crippen LogP contribution in [0.4, 0.5) is 5.95 Å². The Morgan fingerprint density at radius 1 is 1.44 bits per heavy atom. The molecule has 0 radical (unpaired) electrons. The number of fused-ring (bicyclic) bond motifs is 1. The van der Waals surface area contributed by atoms with Crippen molar-refractivity contribution in [2.45, 2.75) is 38.1 Å². The molecule has 0 atom stereocenters. The Morgan fingerprint density at radius 3 is 2.78 bits per heavy atom. The van der Waals surface area contributed by atoms with Crippen molar-refractivity contribution in [2.24, 2.45) is 0 Å². The molecule has 0 aliphatic heterocycles. The van der Waals surface area contributed by atoms with Crippen LogP contribution in [0.5, 0.6) is 5.75 Å². The lowest BCUT2D eigenvalue weighted by Crippen LogP contribution is -2.40. The van der Waals surface area contributed by atoms with Crippen LogP contribution in [0.25, 0.3) is 11.0 Å². The van der Waals surface area contributed by atoms with Gasteiger partial charge in [-0.15, -0.1) is 0 Å². The molecule has 1 fully saturated rings. The van der Waals surface area contributed by atoms with E-state index in [-0.39, 0.29) is 5.54 Å². The number of nitrogen functional groups attached to an aromatic ring is 1. The van der Waals surface area contributed by atoms with Gasteiger partial charge in [-0.05, 0) is 37.8 Å². The van der Waals surface area contributed by atoms with Gasteiger partial charge < -0.3 is 15.0 Å². The molecule has 96 valence electrons. The fraction of sp³-hybridized carbons (Fsp3) is 0.500. The smallest absolute Gasteiger partial charge is 0.201 e. The monoisotopic (exact) mass is 245 g/mol. The van der Waals surface area contributed by atoms with Gasteiger partial charge >= 0.3 is 0 Å².